The summed E-state index contributed by atoms with van der Waals surface area (Å²) in [6.45, 7) is 16.0. The zero-order valence-corrected chi connectivity index (χ0v) is 29.4. The van der Waals surface area contributed by atoms with Gasteiger partial charge in [0.15, 0.2) is 0 Å². The molecule has 2 radical (unpaired) electrons. The van der Waals surface area contributed by atoms with Crippen LogP contribution in [0.3, 0.4) is 0 Å². The average molecular weight is 659 g/mol. The van der Waals surface area contributed by atoms with Crippen molar-refractivity contribution in [3.05, 3.63) is 114 Å². The molecule has 5 aromatic carbocycles. The summed E-state index contributed by atoms with van der Waals surface area (Å²) in [5.74, 6) is 0. The number of benzene rings is 4. The molecule has 1 aliphatic rings. The second kappa shape index (κ2) is 13.0. The molecule has 0 saturated heterocycles. The van der Waals surface area contributed by atoms with Gasteiger partial charge in [0.1, 0.15) is 0 Å². The van der Waals surface area contributed by atoms with Crippen molar-refractivity contribution >= 4 is 47.7 Å². The second-order valence-electron chi connectivity index (χ2n) is 12.3. The second-order valence-corrected chi connectivity index (χ2v) is 17.3. The van der Waals surface area contributed by atoms with Crippen LogP contribution in [-0.4, -0.2) is 9.52 Å². The van der Waals surface area contributed by atoms with Gasteiger partial charge in [0.25, 0.3) is 0 Å². The molecule has 4 heteroatoms. The van der Waals surface area contributed by atoms with Gasteiger partial charge in [-0.25, -0.2) is 0 Å². The van der Waals surface area contributed by atoms with Gasteiger partial charge >= 0.3 is 37.9 Å². The van der Waals surface area contributed by atoms with Gasteiger partial charge in [-0.05, 0) is 28.9 Å². The van der Waals surface area contributed by atoms with Crippen molar-refractivity contribution in [2.45, 2.75) is 59.3 Å². The molecule has 1 aliphatic heterocycles. The summed E-state index contributed by atoms with van der Waals surface area (Å²) in [4.78, 5) is 0. The molecule has 6 rings (SSSR count). The summed E-state index contributed by atoms with van der Waals surface area (Å²) >= 11 is -0.826. The third-order valence-electron chi connectivity index (χ3n) is 7.31. The molecular weight excluding hydrogens is 623 g/mol. The van der Waals surface area contributed by atoms with Gasteiger partial charge in [-0.2, -0.15) is 35.5 Å². The largest absolute Gasteiger partial charge is 0.184 e. The summed E-state index contributed by atoms with van der Waals surface area (Å²) in [6.07, 6.45) is 0. The van der Waals surface area contributed by atoms with E-state index in [1.54, 1.807) is 0 Å². The van der Waals surface area contributed by atoms with E-state index in [0.717, 1.165) is 9.52 Å². The molecular formula is C36H36Cl2SiZr. The van der Waals surface area contributed by atoms with Gasteiger partial charge in [-0.15, -0.1) is 40.1 Å². The van der Waals surface area contributed by atoms with E-state index in [4.69, 9.17) is 17.0 Å². The number of rotatable bonds is 1. The number of hydrogen-bond acceptors (Lipinski definition) is 0. The van der Waals surface area contributed by atoms with Crippen molar-refractivity contribution in [3.63, 3.8) is 0 Å². The maximum atomic E-state index is 4.93. The Morgan fingerprint density at radius 3 is 2.02 bits per heavy atom. The van der Waals surface area contributed by atoms with Crippen molar-refractivity contribution in [2.24, 2.45) is 0 Å². The van der Waals surface area contributed by atoms with Crippen LogP contribution < -0.4 is 10.4 Å². The minimum atomic E-state index is -0.826. The van der Waals surface area contributed by atoms with Crippen LogP contribution in [0.5, 0.6) is 0 Å². The monoisotopic (exact) mass is 656 g/mol. The molecule has 0 spiro atoms. The van der Waals surface area contributed by atoms with E-state index in [-0.39, 0.29) is 10.8 Å². The van der Waals surface area contributed by atoms with Crippen molar-refractivity contribution < 1.29 is 20.8 Å². The Labute approximate surface area is 262 Å². The van der Waals surface area contributed by atoms with E-state index in [0.29, 0.717) is 0 Å². The first-order chi connectivity index (χ1) is 19.0. The average Bonchev–Trinajstić information content (AvgIpc) is 3.51. The Morgan fingerprint density at radius 2 is 1.38 bits per heavy atom. The van der Waals surface area contributed by atoms with E-state index in [1.165, 1.54) is 60.1 Å². The van der Waals surface area contributed by atoms with Crippen LogP contribution in [0.4, 0.5) is 0 Å². The number of hydrogen-bond donors (Lipinski definition) is 0. The maximum absolute atomic E-state index is 4.93. The first-order valence-corrected chi connectivity index (χ1v) is 20.9. The van der Waals surface area contributed by atoms with Crippen LogP contribution in [0, 0.1) is 13.0 Å². The Morgan fingerprint density at radius 1 is 0.750 bits per heavy atom. The van der Waals surface area contributed by atoms with Crippen molar-refractivity contribution in [1.82, 2.24) is 0 Å². The predicted molar refractivity (Wildman–Crippen MR) is 175 cm³/mol. The zero-order chi connectivity index (χ0) is 29.1. The van der Waals surface area contributed by atoms with Crippen molar-refractivity contribution in [1.29, 1.82) is 0 Å². The molecule has 0 fully saturated rings. The van der Waals surface area contributed by atoms with Crippen LogP contribution in [0.1, 0.15) is 58.2 Å². The number of halogens is 2. The third-order valence-corrected chi connectivity index (χ3v) is 8.68. The molecule has 0 amide bonds. The topological polar surface area (TPSA) is 0 Å². The summed E-state index contributed by atoms with van der Waals surface area (Å²) in [7, 11) is 10.7. The third kappa shape index (κ3) is 6.96. The van der Waals surface area contributed by atoms with E-state index >= 15 is 0 Å². The van der Waals surface area contributed by atoms with Gasteiger partial charge in [0.2, 0.25) is 0 Å². The molecule has 202 valence electrons. The van der Waals surface area contributed by atoms with Gasteiger partial charge in [-0.3, -0.25) is 0 Å². The molecule has 40 heavy (non-hydrogen) atoms. The van der Waals surface area contributed by atoms with Gasteiger partial charge in [0.05, 0.1) is 9.52 Å². The fourth-order valence-electron chi connectivity index (χ4n) is 5.21. The molecule has 0 aliphatic carbocycles. The Bertz CT molecular complexity index is 1560. The summed E-state index contributed by atoms with van der Waals surface area (Å²) in [6, 6.07) is 36.3. The van der Waals surface area contributed by atoms with Crippen LogP contribution in [0.15, 0.2) is 91.0 Å². The Balaban J connectivity index is 0.000000192. The van der Waals surface area contributed by atoms with E-state index in [2.05, 4.69) is 139 Å². The first kappa shape index (κ1) is 31.1. The molecule has 0 bridgehead atoms. The SMILES string of the molecule is Cc1ccccc1-c1c(C(C)(C)C)ccc2[cH-]c(C(C)(C)C)cc12.[Cl][Zr+2][Cl].[c-]1cccc2c1[Si]c1ccccc1-2. The quantitative estimate of drug-likeness (QED) is 0.122. The smallest absolute Gasteiger partial charge is 0.0920 e. The normalized spacial score (nSPS) is 11.9. The fourth-order valence-corrected chi connectivity index (χ4v) is 6.52. The number of fused-ring (bicyclic) bond motifs is 4. The molecule has 0 atom stereocenters. The first-order valence-electron chi connectivity index (χ1n) is 13.6. The molecule has 1 heterocycles. The Hall–Kier alpha value is -1.83. The summed E-state index contributed by atoms with van der Waals surface area (Å²) in [5.41, 5.74) is 10.0. The zero-order valence-electron chi connectivity index (χ0n) is 24.4. The van der Waals surface area contributed by atoms with Gasteiger partial charge < -0.3 is 0 Å². The summed E-state index contributed by atoms with van der Waals surface area (Å²) < 4.78 is 0. The Kier molecular flexibility index (Phi) is 10.1. The minimum absolute atomic E-state index is 0.116. The molecule has 0 N–H and O–H groups in total. The van der Waals surface area contributed by atoms with E-state index in [1.807, 2.05) is 6.07 Å². The van der Waals surface area contributed by atoms with Gasteiger partial charge in [-0.1, -0.05) is 112 Å². The molecule has 0 unspecified atom stereocenters. The van der Waals surface area contributed by atoms with Crippen molar-refractivity contribution in [2.75, 3.05) is 0 Å². The molecule has 5 aromatic rings. The van der Waals surface area contributed by atoms with Crippen LogP contribution in [0.25, 0.3) is 33.0 Å². The van der Waals surface area contributed by atoms with Crippen LogP contribution >= 0.6 is 17.0 Å². The molecule has 0 nitrogen and oxygen atoms in total. The standard InChI is InChI=1S/C24H29.C12H7Si.2ClH.Zr/c1-16-10-8-9-11-19(16)22-20-15-18(23(2,3)4)14-17(20)12-13-21(22)24(5,6)7;1-3-7-11-9(5-1)10-6-2-4-8-12(10)13-11;;;/h8-15H,1-7H3;1-7H;2*1H;/q2*-1;;;+4/p-2. The number of aryl methyl sites for hydroxylation is 1. The van der Waals surface area contributed by atoms with Crippen LogP contribution in [0.2, 0.25) is 0 Å². The summed E-state index contributed by atoms with van der Waals surface area (Å²) in [5, 5.41) is 5.57. The van der Waals surface area contributed by atoms with Gasteiger partial charge in [0, 0.05) is 0 Å². The molecule has 0 aromatic heterocycles. The van der Waals surface area contributed by atoms with E-state index in [9.17, 15) is 0 Å². The van der Waals surface area contributed by atoms with Crippen LogP contribution in [-0.2, 0) is 31.7 Å². The maximum Gasteiger partial charge on any atom is 0.0920 e. The predicted octanol–water partition coefficient (Wildman–Crippen LogP) is 9.63. The van der Waals surface area contributed by atoms with E-state index < -0.39 is 20.8 Å². The molecule has 0 saturated carbocycles. The minimum Gasteiger partial charge on any atom is -0.184 e. The fraction of sp³-hybridized carbons (Fsp3) is 0.250. The van der Waals surface area contributed by atoms with Crippen molar-refractivity contribution in [3.8, 4) is 22.3 Å².